The molecule has 4 heteroatoms. The Labute approximate surface area is 163 Å². The van der Waals surface area contributed by atoms with Gasteiger partial charge in [-0.25, -0.2) is 0 Å². The fourth-order valence-corrected chi connectivity index (χ4v) is 4.41. The number of carbonyl (C=O) groups excluding carboxylic acids is 1. The van der Waals surface area contributed by atoms with Crippen LogP contribution in [0.25, 0.3) is 21.8 Å². The quantitative estimate of drug-likeness (QED) is 0.423. The minimum atomic E-state index is -0.0647. The molecule has 0 spiro atoms. The molecule has 3 nitrogen and oxygen atoms in total. The number of thioether (sulfide) groups is 1. The van der Waals surface area contributed by atoms with E-state index in [0.717, 1.165) is 28.4 Å². The van der Waals surface area contributed by atoms with Gasteiger partial charge >= 0.3 is 0 Å². The number of amides is 1. The number of carbonyl (C=O) groups is 1. The summed E-state index contributed by atoms with van der Waals surface area (Å²) in [6, 6.07) is 22.4. The Hall–Kier alpha value is -2.72. The second-order valence-electron chi connectivity index (χ2n) is 6.38. The van der Waals surface area contributed by atoms with Crippen LogP contribution in [0.4, 0.5) is 5.69 Å². The van der Waals surface area contributed by atoms with E-state index in [2.05, 4.69) is 60.1 Å². The highest BCUT2D eigenvalue weighted by Gasteiger charge is 2.13. The van der Waals surface area contributed by atoms with Crippen LogP contribution in [0.2, 0.25) is 0 Å². The molecule has 4 aromatic rings. The summed E-state index contributed by atoms with van der Waals surface area (Å²) in [5, 5.41) is 5.46. The Morgan fingerprint density at radius 3 is 2.48 bits per heavy atom. The molecule has 0 aliphatic heterocycles. The molecule has 0 saturated carbocycles. The van der Waals surface area contributed by atoms with Gasteiger partial charge in [0.05, 0.1) is 5.56 Å². The van der Waals surface area contributed by atoms with Crippen molar-refractivity contribution in [1.29, 1.82) is 0 Å². The highest BCUT2D eigenvalue weighted by atomic mass is 32.2. The van der Waals surface area contributed by atoms with Crippen molar-refractivity contribution in [2.24, 2.45) is 0 Å². The number of benzene rings is 3. The predicted octanol–water partition coefficient (Wildman–Crippen LogP) is 6.18. The summed E-state index contributed by atoms with van der Waals surface area (Å²) >= 11 is 1.69. The minimum Gasteiger partial charge on any atom is -0.341 e. The van der Waals surface area contributed by atoms with E-state index in [1.165, 1.54) is 21.8 Å². The van der Waals surface area contributed by atoms with Gasteiger partial charge in [-0.2, -0.15) is 0 Å². The van der Waals surface area contributed by atoms with Gasteiger partial charge in [0.25, 0.3) is 5.91 Å². The molecule has 0 aliphatic carbocycles. The molecule has 4 rings (SSSR count). The third-order valence-electron chi connectivity index (χ3n) is 4.78. The van der Waals surface area contributed by atoms with E-state index in [0.29, 0.717) is 0 Å². The molecule has 0 unspecified atom stereocenters. The van der Waals surface area contributed by atoms with Crippen molar-refractivity contribution < 1.29 is 4.79 Å². The van der Waals surface area contributed by atoms with Crippen LogP contribution in [-0.4, -0.2) is 16.2 Å². The Morgan fingerprint density at radius 2 is 1.67 bits per heavy atom. The normalized spacial score (nSPS) is 11.2. The van der Waals surface area contributed by atoms with Crippen LogP contribution in [0.15, 0.2) is 71.6 Å². The molecule has 136 valence electrons. The molecule has 3 aromatic carbocycles. The van der Waals surface area contributed by atoms with Crippen LogP contribution in [-0.2, 0) is 6.54 Å². The monoisotopic (exact) mass is 374 g/mol. The topological polar surface area (TPSA) is 34.0 Å². The summed E-state index contributed by atoms with van der Waals surface area (Å²) in [7, 11) is 0. The van der Waals surface area contributed by atoms with Crippen molar-refractivity contribution in [3.63, 3.8) is 0 Å². The molecule has 1 heterocycles. The first-order chi connectivity index (χ1) is 13.2. The van der Waals surface area contributed by atoms with Crippen molar-refractivity contribution in [1.82, 2.24) is 4.57 Å². The average molecular weight is 375 g/mol. The molecule has 27 heavy (non-hydrogen) atoms. The first-order valence-electron chi connectivity index (χ1n) is 9.27. The molecule has 0 atom stereocenters. The van der Waals surface area contributed by atoms with Gasteiger partial charge in [0.2, 0.25) is 0 Å². The van der Waals surface area contributed by atoms with E-state index in [1.54, 1.807) is 11.8 Å². The van der Waals surface area contributed by atoms with Gasteiger partial charge in [-0.05, 0) is 49.1 Å². The highest BCUT2D eigenvalue weighted by Crippen LogP contribution is 2.31. The molecule has 0 aliphatic rings. The summed E-state index contributed by atoms with van der Waals surface area (Å²) in [6.45, 7) is 5.16. The van der Waals surface area contributed by atoms with Gasteiger partial charge in [-0.1, -0.05) is 37.3 Å². The largest absolute Gasteiger partial charge is 0.341 e. The SMILES string of the molecule is CCSc1ccccc1C(=O)Nc1ccc2c(c1)c1ccccc1n2CC. The van der Waals surface area contributed by atoms with E-state index in [-0.39, 0.29) is 5.91 Å². The number of para-hydroxylation sites is 1. The zero-order valence-corrected chi connectivity index (χ0v) is 16.3. The summed E-state index contributed by atoms with van der Waals surface area (Å²) in [5.74, 6) is 0.873. The zero-order chi connectivity index (χ0) is 18.8. The van der Waals surface area contributed by atoms with Gasteiger partial charge in [-0.15, -0.1) is 11.8 Å². The number of anilines is 1. The van der Waals surface area contributed by atoms with Crippen LogP contribution >= 0.6 is 11.8 Å². The van der Waals surface area contributed by atoms with E-state index >= 15 is 0 Å². The lowest BCUT2D eigenvalue weighted by molar-refractivity contribution is 0.102. The molecule has 1 amide bonds. The molecule has 1 aromatic heterocycles. The molecule has 0 saturated heterocycles. The third kappa shape index (κ3) is 3.21. The maximum absolute atomic E-state index is 12.8. The van der Waals surface area contributed by atoms with E-state index < -0.39 is 0 Å². The molecular formula is C23H22N2OS. The Balaban J connectivity index is 1.73. The van der Waals surface area contributed by atoms with Crippen molar-refractivity contribution in [3.05, 3.63) is 72.3 Å². The smallest absolute Gasteiger partial charge is 0.256 e. The van der Waals surface area contributed by atoms with Gasteiger partial charge in [-0.3, -0.25) is 4.79 Å². The summed E-state index contributed by atoms with van der Waals surface area (Å²) in [6.07, 6.45) is 0. The number of hydrogen-bond acceptors (Lipinski definition) is 2. The van der Waals surface area contributed by atoms with Gasteiger partial charge in [0.15, 0.2) is 0 Å². The lowest BCUT2D eigenvalue weighted by atomic mass is 10.1. The van der Waals surface area contributed by atoms with Gasteiger partial charge < -0.3 is 9.88 Å². The Kier molecular flexibility index (Phi) is 4.90. The molecule has 0 radical (unpaired) electrons. The maximum Gasteiger partial charge on any atom is 0.256 e. The van der Waals surface area contributed by atoms with Crippen molar-refractivity contribution >= 4 is 45.2 Å². The Morgan fingerprint density at radius 1 is 0.926 bits per heavy atom. The van der Waals surface area contributed by atoms with Crippen LogP contribution in [0.5, 0.6) is 0 Å². The average Bonchev–Trinajstić information content (AvgIpc) is 3.02. The fourth-order valence-electron chi connectivity index (χ4n) is 3.61. The summed E-state index contributed by atoms with van der Waals surface area (Å²) in [5.41, 5.74) is 3.96. The minimum absolute atomic E-state index is 0.0647. The number of rotatable bonds is 5. The maximum atomic E-state index is 12.8. The molecule has 1 N–H and O–H groups in total. The predicted molar refractivity (Wildman–Crippen MR) is 116 cm³/mol. The van der Waals surface area contributed by atoms with E-state index in [1.807, 2.05) is 30.3 Å². The van der Waals surface area contributed by atoms with Crippen LogP contribution in [0.1, 0.15) is 24.2 Å². The van der Waals surface area contributed by atoms with Crippen molar-refractivity contribution in [3.8, 4) is 0 Å². The zero-order valence-electron chi connectivity index (χ0n) is 15.5. The fraction of sp³-hybridized carbons (Fsp3) is 0.174. The number of fused-ring (bicyclic) bond motifs is 3. The third-order valence-corrected chi connectivity index (χ3v) is 5.73. The number of nitrogens with one attached hydrogen (secondary N) is 1. The summed E-state index contributed by atoms with van der Waals surface area (Å²) < 4.78 is 2.31. The van der Waals surface area contributed by atoms with Crippen molar-refractivity contribution in [2.75, 3.05) is 11.1 Å². The Bertz CT molecular complexity index is 1130. The first kappa shape index (κ1) is 17.7. The summed E-state index contributed by atoms with van der Waals surface area (Å²) in [4.78, 5) is 13.9. The number of hydrogen-bond donors (Lipinski definition) is 1. The molecular weight excluding hydrogens is 352 g/mol. The number of aromatic nitrogens is 1. The molecule has 0 bridgehead atoms. The molecule has 0 fully saturated rings. The number of nitrogens with zero attached hydrogens (tertiary/aromatic N) is 1. The van der Waals surface area contributed by atoms with Crippen LogP contribution in [0, 0.1) is 0 Å². The van der Waals surface area contributed by atoms with Crippen molar-refractivity contribution in [2.45, 2.75) is 25.3 Å². The lowest BCUT2D eigenvalue weighted by Gasteiger charge is -2.10. The lowest BCUT2D eigenvalue weighted by Crippen LogP contribution is -2.13. The highest BCUT2D eigenvalue weighted by molar-refractivity contribution is 7.99. The van der Waals surface area contributed by atoms with Gasteiger partial charge in [0, 0.05) is 38.9 Å². The van der Waals surface area contributed by atoms with E-state index in [4.69, 9.17) is 0 Å². The second-order valence-corrected chi connectivity index (χ2v) is 7.68. The van der Waals surface area contributed by atoms with E-state index in [9.17, 15) is 4.79 Å². The van der Waals surface area contributed by atoms with Gasteiger partial charge in [0.1, 0.15) is 0 Å². The first-order valence-corrected chi connectivity index (χ1v) is 10.3. The van der Waals surface area contributed by atoms with Crippen LogP contribution in [0.3, 0.4) is 0 Å². The van der Waals surface area contributed by atoms with Crippen LogP contribution < -0.4 is 5.32 Å². The number of aryl methyl sites for hydroxylation is 1. The second kappa shape index (κ2) is 7.49. The standard InChI is InChI=1S/C23H22N2OS/c1-3-25-20-11-7-5-9-17(20)19-15-16(13-14-21(19)25)24-23(26)18-10-6-8-12-22(18)27-4-2/h5-15H,3-4H2,1-2H3,(H,24,26).